The zero-order valence-electron chi connectivity index (χ0n) is 7.50. The molecule has 3 heteroatoms. The summed E-state index contributed by atoms with van der Waals surface area (Å²) in [6.07, 6.45) is 0. The summed E-state index contributed by atoms with van der Waals surface area (Å²) in [4.78, 5) is 0. The van der Waals surface area contributed by atoms with Gasteiger partial charge in [-0.3, -0.25) is 0 Å². The number of aliphatic hydroxyl groups excluding tert-OH is 1. The van der Waals surface area contributed by atoms with Crippen LogP contribution in [0.2, 0.25) is 0 Å². The molecular weight excluding hydrogens is 154 g/mol. The second-order valence-electron chi connectivity index (χ2n) is 3.33. The van der Waals surface area contributed by atoms with Crippen molar-refractivity contribution in [1.29, 1.82) is 0 Å². The van der Waals surface area contributed by atoms with Gasteiger partial charge >= 0.3 is 0 Å². The fourth-order valence-corrected chi connectivity index (χ4v) is 1.00. The molecule has 3 N–H and O–H groups in total. The van der Waals surface area contributed by atoms with E-state index in [0.29, 0.717) is 6.54 Å². The Hall–Kier alpha value is -0.800. The quantitative estimate of drug-likeness (QED) is 0.703. The fraction of sp³-hybridized carbons (Fsp3) is 0.556. The summed E-state index contributed by atoms with van der Waals surface area (Å²) < 4.78 is 5.39. The van der Waals surface area contributed by atoms with E-state index >= 15 is 0 Å². The molecule has 1 heterocycles. The summed E-state index contributed by atoms with van der Waals surface area (Å²) in [6, 6.07) is 3.73. The second kappa shape index (κ2) is 3.29. The number of hydrogen-bond acceptors (Lipinski definition) is 3. The normalized spacial score (nSPS) is 16.0. The minimum Gasteiger partial charge on any atom is -0.466 e. The monoisotopic (exact) mass is 169 g/mol. The molecule has 0 amide bonds. The van der Waals surface area contributed by atoms with E-state index in [4.69, 9.17) is 15.3 Å². The van der Waals surface area contributed by atoms with E-state index in [1.54, 1.807) is 0 Å². The molecule has 1 atom stereocenters. The van der Waals surface area contributed by atoms with Crippen LogP contribution in [0, 0.1) is 6.92 Å². The average Bonchev–Trinajstić information content (AvgIpc) is 2.51. The van der Waals surface area contributed by atoms with Crippen molar-refractivity contribution in [3.05, 3.63) is 23.7 Å². The topological polar surface area (TPSA) is 59.4 Å². The lowest BCUT2D eigenvalue weighted by atomic mass is 9.89. The van der Waals surface area contributed by atoms with Crippen molar-refractivity contribution in [3.63, 3.8) is 0 Å². The highest BCUT2D eigenvalue weighted by Gasteiger charge is 2.27. The van der Waals surface area contributed by atoms with E-state index in [2.05, 4.69) is 0 Å². The third-order valence-electron chi connectivity index (χ3n) is 2.13. The SMILES string of the molecule is Cc1ccc(C(C)(CN)CO)o1. The van der Waals surface area contributed by atoms with Crippen LogP contribution in [0.1, 0.15) is 18.4 Å². The van der Waals surface area contributed by atoms with E-state index in [1.165, 1.54) is 0 Å². The van der Waals surface area contributed by atoms with Gasteiger partial charge in [-0.15, -0.1) is 0 Å². The van der Waals surface area contributed by atoms with Gasteiger partial charge in [0.1, 0.15) is 11.5 Å². The molecule has 0 saturated carbocycles. The molecule has 0 aliphatic carbocycles. The summed E-state index contributed by atoms with van der Waals surface area (Å²) in [5.41, 5.74) is 5.10. The molecule has 0 fully saturated rings. The maximum atomic E-state index is 9.11. The van der Waals surface area contributed by atoms with Crippen LogP contribution in [-0.4, -0.2) is 18.3 Å². The number of rotatable bonds is 3. The van der Waals surface area contributed by atoms with Gasteiger partial charge in [0.05, 0.1) is 12.0 Å². The predicted octanol–water partition coefficient (Wildman–Crippen LogP) is 0.797. The summed E-state index contributed by atoms with van der Waals surface area (Å²) in [5, 5.41) is 9.11. The number of aryl methyl sites for hydroxylation is 1. The molecular formula is C9H15NO2. The predicted molar refractivity (Wildman–Crippen MR) is 46.9 cm³/mol. The average molecular weight is 169 g/mol. The third-order valence-corrected chi connectivity index (χ3v) is 2.13. The molecule has 0 aliphatic heterocycles. The van der Waals surface area contributed by atoms with Crippen LogP contribution in [0.5, 0.6) is 0 Å². The highest BCUT2D eigenvalue weighted by molar-refractivity contribution is 5.16. The molecule has 3 nitrogen and oxygen atoms in total. The first-order chi connectivity index (χ1) is 5.62. The van der Waals surface area contributed by atoms with Crippen molar-refractivity contribution in [2.45, 2.75) is 19.3 Å². The first kappa shape index (κ1) is 9.29. The summed E-state index contributed by atoms with van der Waals surface area (Å²) in [6.45, 7) is 4.15. The van der Waals surface area contributed by atoms with E-state index in [9.17, 15) is 0 Å². The van der Waals surface area contributed by atoms with Gasteiger partial charge in [-0.2, -0.15) is 0 Å². The van der Waals surface area contributed by atoms with Crippen LogP contribution < -0.4 is 5.73 Å². The molecule has 12 heavy (non-hydrogen) atoms. The minimum atomic E-state index is -0.436. The van der Waals surface area contributed by atoms with Crippen molar-refractivity contribution >= 4 is 0 Å². The highest BCUT2D eigenvalue weighted by atomic mass is 16.3. The van der Waals surface area contributed by atoms with E-state index in [1.807, 2.05) is 26.0 Å². The third kappa shape index (κ3) is 1.52. The van der Waals surface area contributed by atoms with Gasteiger partial charge in [-0.25, -0.2) is 0 Å². The highest BCUT2D eigenvalue weighted by Crippen LogP contribution is 2.23. The van der Waals surface area contributed by atoms with Crippen molar-refractivity contribution in [1.82, 2.24) is 0 Å². The molecule has 0 bridgehead atoms. The smallest absolute Gasteiger partial charge is 0.113 e. The molecule has 0 aromatic carbocycles. The molecule has 68 valence electrons. The van der Waals surface area contributed by atoms with Crippen molar-refractivity contribution in [2.75, 3.05) is 13.2 Å². The lowest BCUT2D eigenvalue weighted by Crippen LogP contribution is -2.35. The van der Waals surface area contributed by atoms with Crippen LogP contribution >= 0.6 is 0 Å². The van der Waals surface area contributed by atoms with Crippen LogP contribution in [0.15, 0.2) is 16.5 Å². The molecule has 1 aromatic heterocycles. The first-order valence-corrected chi connectivity index (χ1v) is 4.00. The number of aliphatic hydroxyl groups is 1. The molecule has 1 aromatic rings. The van der Waals surface area contributed by atoms with E-state index < -0.39 is 5.41 Å². The molecule has 0 spiro atoms. The van der Waals surface area contributed by atoms with E-state index in [0.717, 1.165) is 11.5 Å². The van der Waals surface area contributed by atoms with E-state index in [-0.39, 0.29) is 6.61 Å². The van der Waals surface area contributed by atoms with Gasteiger partial charge in [-0.05, 0) is 26.0 Å². The summed E-state index contributed by atoms with van der Waals surface area (Å²) >= 11 is 0. The Balaban J connectivity index is 2.94. The minimum absolute atomic E-state index is 0.0104. The maximum absolute atomic E-state index is 9.11. The Bertz CT molecular complexity index is 251. The zero-order valence-corrected chi connectivity index (χ0v) is 7.50. The van der Waals surface area contributed by atoms with Crippen LogP contribution in [0.3, 0.4) is 0 Å². The standard InChI is InChI=1S/C9H15NO2/c1-7-3-4-8(12-7)9(2,5-10)6-11/h3-4,11H,5-6,10H2,1-2H3. The Labute approximate surface area is 72.2 Å². The number of furan rings is 1. The lowest BCUT2D eigenvalue weighted by Gasteiger charge is -2.22. The van der Waals surface area contributed by atoms with Crippen molar-refractivity contribution < 1.29 is 9.52 Å². The molecule has 1 unspecified atom stereocenters. The number of hydrogen-bond donors (Lipinski definition) is 2. The Morgan fingerprint density at radius 2 is 2.25 bits per heavy atom. The zero-order chi connectivity index (χ0) is 9.19. The van der Waals surface area contributed by atoms with Crippen molar-refractivity contribution in [3.8, 4) is 0 Å². The second-order valence-corrected chi connectivity index (χ2v) is 3.33. The molecule has 0 aliphatic rings. The van der Waals surface area contributed by atoms with Gasteiger partial charge in [0, 0.05) is 6.54 Å². The van der Waals surface area contributed by atoms with Crippen molar-refractivity contribution in [2.24, 2.45) is 5.73 Å². The van der Waals surface area contributed by atoms with Gasteiger partial charge in [0.15, 0.2) is 0 Å². The molecule has 1 rings (SSSR count). The van der Waals surface area contributed by atoms with Crippen LogP contribution in [0.25, 0.3) is 0 Å². The summed E-state index contributed by atoms with van der Waals surface area (Å²) in [5.74, 6) is 1.60. The van der Waals surface area contributed by atoms with Crippen LogP contribution in [-0.2, 0) is 5.41 Å². The molecule has 0 saturated heterocycles. The molecule has 0 radical (unpaired) electrons. The summed E-state index contributed by atoms with van der Waals surface area (Å²) in [7, 11) is 0. The Kier molecular flexibility index (Phi) is 2.55. The maximum Gasteiger partial charge on any atom is 0.113 e. The van der Waals surface area contributed by atoms with Crippen LogP contribution in [0.4, 0.5) is 0 Å². The largest absolute Gasteiger partial charge is 0.466 e. The van der Waals surface area contributed by atoms with Gasteiger partial charge in [-0.1, -0.05) is 0 Å². The fourth-order valence-electron chi connectivity index (χ4n) is 1.00. The van der Waals surface area contributed by atoms with Gasteiger partial charge in [0.25, 0.3) is 0 Å². The Morgan fingerprint density at radius 3 is 2.58 bits per heavy atom. The lowest BCUT2D eigenvalue weighted by molar-refractivity contribution is 0.187. The van der Waals surface area contributed by atoms with Gasteiger partial charge < -0.3 is 15.3 Å². The Morgan fingerprint density at radius 1 is 1.58 bits per heavy atom. The first-order valence-electron chi connectivity index (χ1n) is 4.00. The van der Waals surface area contributed by atoms with Gasteiger partial charge in [0.2, 0.25) is 0 Å². The number of nitrogens with two attached hydrogens (primary N) is 1.